The van der Waals surface area contributed by atoms with E-state index in [0.29, 0.717) is 84.9 Å². The summed E-state index contributed by atoms with van der Waals surface area (Å²) in [5.41, 5.74) is 2.37. The van der Waals surface area contributed by atoms with Gasteiger partial charge in [0.2, 0.25) is 17.8 Å². The first kappa shape index (κ1) is 45.5. The van der Waals surface area contributed by atoms with Crippen LogP contribution in [0.15, 0.2) is 78.4 Å². The fourth-order valence-corrected chi connectivity index (χ4v) is 8.67. The lowest BCUT2D eigenvalue weighted by Crippen LogP contribution is -2.29. The van der Waals surface area contributed by atoms with Gasteiger partial charge in [-0.05, 0) is 99.6 Å². The van der Waals surface area contributed by atoms with Gasteiger partial charge in [-0.25, -0.2) is 44.5 Å². The Balaban J connectivity index is 0.000000177. The number of cyclic esters (lactones) is 2. The molecule has 0 spiro atoms. The number of pyridine rings is 4. The summed E-state index contributed by atoms with van der Waals surface area (Å²) in [6.45, 7) is 3.49. The third-order valence-corrected chi connectivity index (χ3v) is 12.3. The maximum Gasteiger partial charge on any atom is 0.414 e. The fourth-order valence-electron chi connectivity index (χ4n) is 8.67. The molecule has 4 aliphatic rings. The zero-order chi connectivity index (χ0) is 44.5. The molecule has 2 saturated carbocycles. The van der Waals surface area contributed by atoms with E-state index < -0.39 is 0 Å². The molecule has 0 radical (unpaired) electrons. The number of amides is 2. The first-order valence-electron chi connectivity index (χ1n) is 22.2. The lowest BCUT2D eigenvalue weighted by Gasteiger charge is -2.29. The number of carbonyl (C=O) groups excluding carboxylic acids is 2. The van der Waals surface area contributed by atoms with Crippen molar-refractivity contribution in [3.8, 4) is 5.88 Å². The average molecular weight is 921 g/mol. The molecule has 0 aromatic carbocycles. The number of hydrogen-bond acceptors (Lipinski definition) is 17. The second-order valence-corrected chi connectivity index (χ2v) is 16.6. The number of H-pyrrole nitrogens is 1. The molecule has 6 aromatic heterocycles. The third-order valence-electron chi connectivity index (χ3n) is 12.3. The van der Waals surface area contributed by atoms with Gasteiger partial charge in [-0.15, -0.1) is 12.4 Å². The van der Waals surface area contributed by atoms with E-state index >= 15 is 0 Å². The van der Waals surface area contributed by atoms with Crippen molar-refractivity contribution < 1.29 is 23.8 Å². The number of aromatic amines is 1. The molecular formula is C45H53ClN14O6. The SMILES string of the molecule is COc1nccc2ccc(NC3CCC(CNc4ncc(N5CCOC5=O)cn4)CC3)nc12.Cl.O=C1OCCN1c1cnc(NCC2CCC(Nc3ccc4cc[nH]c(=O)c4n3)CC2)nc1. The minimum absolute atomic E-state index is 0. The molecule has 346 valence electrons. The van der Waals surface area contributed by atoms with Gasteiger partial charge in [-0.1, -0.05) is 0 Å². The van der Waals surface area contributed by atoms with Crippen LogP contribution in [0.3, 0.4) is 0 Å². The van der Waals surface area contributed by atoms with Crippen LogP contribution >= 0.6 is 12.4 Å². The number of ether oxygens (including phenoxy) is 3. The summed E-state index contributed by atoms with van der Waals surface area (Å²) < 4.78 is 15.2. The highest BCUT2D eigenvalue weighted by molar-refractivity contribution is 5.89. The summed E-state index contributed by atoms with van der Waals surface area (Å²) in [6, 6.07) is 12.4. The fraction of sp³-hybridized carbons (Fsp3) is 0.422. The third kappa shape index (κ3) is 11.0. The van der Waals surface area contributed by atoms with Crippen LogP contribution in [-0.4, -0.2) is 111 Å². The largest absolute Gasteiger partial charge is 0.479 e. The molecular weight excluding hydrogens is 868 g/mol. The number of halogens is 1. The number of hydrogen-bond donors (Lipinski definition) is 5. The highest BCUT2D eigenvalue weighted by Gasteiger charge is 2.27. The molecule has 2 aliphatic carbocycles. The van der Waals surface area contributed by atoms with Gasteiger partial charge in [0.05, 0.1) is 56.4 Å². The molecule has 0 bridgehead atoms. The van der Waals surface area contributed by atoms with Crippen LogP contribution in [-0.2, 0) is 9.47 Å². The monoisotopic (exact) mass is 920 g/mol. The molecule has 20 nitrogen and oxygen atoms in total. The molecule has 6 aromatic rings. The predicted molar refractivity (Wildman–Crippen MR) is 253 cm³/mol. The van der Waals surface area contributed by atoms with E-state index in [1.807, 2.05) is 36.4 Å². The van der Waals surface area contributed by atoms with Crippen LogP contribution in [0.5, 0.6) is 5.88 Å². The smallest absolute Gasteiger partial charge is 0.414 e. The Morgan fingerprint density at radius 2 is 1.12 bits per heavy atom. The van der Waals surface area contributed by atoms with Crippen LogP contribution in [0, 0.1) is 11.8 Å². The van der Waals surface area contributed by atoms with E-state index in [0.717, 1.165) is 92.4 Å². The van der Waals surface area contributed by atoms with Crippen molar-refractivity contribution in [2.45, 2.75) is 63.5 Å². The van der Waals surface area contributed by atoms with Gasteiger partial charge in [-0.3, -0.25) is 14.6 Å². The lowest BCUT2D eigenvalue weighted by molar-refractivity contribution is 0.180. The molecule has 8 heterocycles. The highest BCUT2D eigenvalue weighted by atomic mass is 35.5. The van der Waals surface area contributed by atoms with Crippen molar-refractivity contribution in [1.82, 2.24) is 39.9 Å². The first-order chi connectivity index (χ1) is 31.8. The maximum atomic E-state index is 12.0. The zero-order valence-electron chi connectivity index (χ0n) is 36.5. The molecule has 5 N–H and O–H groups in total. The molecule has 2 saturated heterocycles. The van der Waals surface area contributed by atoms with Crippen LogP contribution in [0.4, 0.5) is 44.5 Å². The van der Waals surface area contributed by atoms with E-state index in [1.165, 1.54) is 9.80 Å². The van der Waals surface area contributed by atoms with Crippen LogP contribution in [0.25, 0.3) is 21.8 Å². The Bertz CT molecular complexity index is 2640. The van der Waals surface area contributed by atoms with Gasteiger partial charge in [0.15, 0.2) is 0 Å². The molecule has 66 heavy (non-hydrogen) atoms. The Morgan fingerprint density at radius 1 is 0.636 bits per heavy atom. The van der Waals surface area contributed by atoms with Crippen molar-refractivity contribution in [1.29, 1.82) is 0 Å². The number of methoxy groups -OCH3 is 1. The molecule has 0 unspecified atom stereocenters. The Hall–Kier alpha value is -7.09. The number of fused-ring (bicyclic) bond motifs is 2. The average Bonchev–Trinajstić information content (AvgIpc) is 3.99. The van der Waals surface area contributed by atoms with E-state index in [2.05, 4.69) is 56.2 Å². The first-order valence-corrected chi connectivity index (χ1v) is 22.2. The normalized spacial score (nSPS) is 20.4. The quantitative estimate of drug-likeness (QED) is 0.0815. The van der Waals surface area contributed by atoms with Crippen molar-refractivity contribution in [3.63, 3.8) is 0 Å². The zero-order valence-corrected chi connectivity index (χ0v) is 37.3. The minimum Gasteiger partial charge on any atom is -0.479 e. The summed E-state index contributed by atoms with van der Waals surface area (Å²) in [4.78, 5) is 71.7. The molecule has 2 aliphatic heterocycles. The van der Waals surface area contributed by atoms with Crippen LogP contribution in [0.2, 0.25) is 0 Å². The standard InChI is InChI=1S/C23H27N7O3.C22H25N7O3.ClH/c1-32-21-20-16(8-9-24-21)4-7-19(29-20)28-17-5-2-15(3-6-17)12-25-22-26-13-18(14-27-22)30-10-11-33-23(30)31;30-20-19-15(7-8-23-20)3-6-18(28-19)27-16-4-1-14(2-5-16)11-24-21-25-12-17(13-26-21)29-9-10-32-22(29)31;/h4,7-9,13-15,17H,2-3,5-6,10-12H2,1H3,(H,28,29)(H,25,26,27);3,6-8,12-14,16H,1-2,4-5,9-11H2,(H,23,30)(H,27,28)(H,24,25,26);1H. The Kier molecular flexibility index (Phi) is 14.7. The summed E-state index contributed by atoms with van der Waals surface area (Å²) >= 11 is 0. The summed E-state index contributed by atoms with van der Waals surface area (Å²) in [5.74, 6) is 4.38. The number of carbonyl (C=O) groups is 2. The molecule has 21 heteroatoms. The van der Waals surface area contributed by atoms with Crippen molar-refractivity contribution >= 4 is 81.3 Å². The number of nitrogens with zero attached hydrogens (tertiary/aromatic N) is 9. The van der Waals surface area contributed by atoms with E-state index in [4.69, 9.17) is 19.2 Å². The molecule has 10 rings (SSSR count). The van der Waals surface area contributed by atoms with E-state index in [1.54, 1.807) is 44.3 Å². The number of anilines is 6. The summed E-state index contributed by atoms with van der Waals surface area (Å²) in [5, 5.41) is 15.5. The Morgan fingerprint density at radius 3 is 1.59 bits per heavy atom. The van der Waals surface area contributed by atoms with Gasteiger partial charge in [0, 0.05) is 48.3 Å². The second-order valence-electron chi connectivity index (χ2n) is 16.6. The highest BCUT2D eigenvalue weighted by Crippen LogP contribution is 2.30. The summed E-state index contributed by atoms with van der Waals surface area (Å²) in [6.07, 6.45) is 17.9. The Labute approximate surface area is 386 Å². The predicted octanol–water partition coefficient (Wildman–Crippen LogP) is 6.64. The van der Waals surface area contributed by atoms with E-state index in [-0.39, 0.29) is 30.2 Å². The molecule has 4 fully saturated rings. The molecule has 0 atom stereocenters. The van der Waals surface area contributed by atoms with Crippen LogP contribution in [0.1, 0.15) is 51.4 Å². The van der Waals surface area contributed by atoms with Gasteiger partial charge in [0.25, 0.3) is 5.56 Å². The minimum atomic E-state index is -0.356. The van der Waals surface area contributed by atoms with Gasteiger partial charge >= 0.3 is 12.2 Å². The van der Waals surface area contributed by atoms with Crippen molar-refractivity contribution in [2.75, 3.05) is 77.6 Å². The summed E-state index contributed by atoms with van der Waals surface area (Å²) in [7, 11) is 1.61. The topological polar surface area (TPSA) is 240 Å². The second kappa shape index (κ2) is 21.3. The van der Waals surface area contributed by atoms with Crippen molar-refractivity contribution in [2.24, 2.45) is 11.8 Å². The van der Waals surface area contributed by atoms with Crippen LogP contribution < -0.4 is 41.4 Å². The van der Waals surface area contributed by atoms with Gasteiger partial charge in [-0.2, -0.15) is 0 Å². The van der Waals surface area contributed by atoms with Crippen molar-refractivity contribution in [3.05, 3.63) is 83.9 Å². The van der Waals surface area contributed by atoms with Gasteiger partial charge < -0.3 is 40.5 Å². The maximum absolute atomic E-state index is 12.0. The number of rotatable bonds is 13. The number of nitrogens with one attached hydrogen (secondary N) is 5. The number of aromatic nitrogens is 8. The molecule has 2 amide bonds. The van der Waals surface area contributed by atoms with E-state index in [9.17, 15) is 14.4 Å². The lowest BCUT2D eigenvalue weighted by atomic mass is 9.86. The van der Waals surface area contributed by atoms with Gasteiger partial charge in [0.1, 0.15) is 35.9 Å².